The molecule has 0 unspecified atom stereocenters. The van der Waals surface area contributed by atoms with Gasteiger partial charge < -0.3 is 4.57 Å². The van der Waals surface area contributed by atoms with Crippen molar-refractivity contribution in [2.75, 3.05) is 0 Å². The zero-order chi connectivity index (χ0) is 20.1. The van der Waals surface area contributed by atoms with Gasteiger partial charge in [-0.25, -0.2) is 4.98 Å². The van der Waals surface area contributed by atoms with Crippen molar-refractivity contribution < 1.29 is 0 Å². The molecule has 0 spiro atoms. The lowest BCUT2D eigenvalue weighted by Gasteiger charge is -2.08. The summed E-state index contributed by atoms with van der Waals surface area (Å²) in [5, 5.41) is 10.4. The molecule has 0 bridgehead atoms. The van der Waals surface area contributed by atoms with Crippen molar-refractivity contribution in [3.8, 4) is 17.9 Å². The topological polar surface area (TPSA) is 58.7 Å². The minimum Gasteiger partial charge on any atom is -0.311 e. The van der Waals surface area contributed by atoms with E-state index in [1.165, 1.54) is 0 Å². The fourth-order valence-electron chi connectivity index (χ4n) is 3.14. The molecule has 0 fully saturated rings. The quantitative estimate of drug-likeness (QED) is 0.510. The smallest absolute Gasteiger partial charge is 0.258 e. The highest BCUT2D eigenvalue weighted by Crippen LogP contribution is 2.11. The molecule has 4 rings (SSSR count). The van der Waals surface area contributed by atoms with Crippen LogP contribution >= 0.6 is 0 Å². The van der Waals surface area contributed by atoms with Gasteiger partial charge in [-0.1, -0.05) is 48.4 Å². The van der Waals surface area contributed by atoms with E-state index in [0.29, 0.717) is 29.6 Å². The van der Waals surface area contributed by atoms with Gasteiger partial charge in [0.05, 0.1) is 23.6 Å². The van der Waals surface area contributed by atoms with E-state index >= 15 is 0 Å². The SMILES string of the molecule is N#Cc1cccc(Cn2ccc3cnc(C#CCc4ccccc4)cc3c2=O)c1. The Morgan fingerprint density at radius 2 is 1.79 bits per heavy atom. The summed E-state index contributed by atoms with van der Waals surface area (Å²) in [7, 11) is 0. The Balaban J connectivity index is 1.63. The van der Waals surface area contributed by atoms with Crippen molar-refractivity contribution in [2.24, 2.45) is 0 Å². The number of nitrogens with zero attached hydrogens (tertiary/aromatic N) is 3. The average Bonchev–Trinajstić information content (AvgIpc) is 2.77. The van der Waals surface area contributed by atoms with E-state index in [0.717, 1.165) is 16.5 Å². The van der Waals surface area contributed by atoms with Crippen molar-refractivity contribution >= 4 is 10.8 Å². The van der Waals surface area contributed by atoms with E-state index in [-0.39, 0.29) is 5.56 Å². The number of fused-ring (bicyclic) bond motifs is 1. The van der Waals surface area contributed by atoms with Gasteiger partial charge in [0.2, 0.25) is 0 Å². The van der Waals surface area contributed by atoms with Crippen LogP contribution in [0.1, 0.15) is 22.4 Å². The van der Waals surface area contributed by atoms with Gasteiger partial charge in [-0.3, -0.25) is 4.79 Å². The zero-order valence-corrected chi connectivity index (χ0v) is 15.7. The highest BCUT2D eigenvalue weighted by atomic mass is 16.1. The summed E-state index contributed by atoms with van der Waals surface area (Å²) in [5.74, 6) is 6.17. The third-order valence-corrected chi connectivity index (χ3v) is 4.62. The Bertz CT molecular complexity index is 1340. The maximum Gasteiger partial charge on any atom is 0.258 e. The second-order valence-corrected chi connectivity index (χ2v) is 6.68. The predicted molar refractivity (Wildman–Crippen MR) is 113 cm³/mol. The number of hydrogen-bond donors (Lipinski definition) is 0. The van der Waals surface area contributed by atoms with Crippen LogP contribution in [0.2, 0.25) is 0 Å². The predicted octanol–water partition coefficient (Wildman–Crippen LogP) is 3.91. The average molecular weight is 375 g/mol. The van der Waals surface area contributed by atoms with Crippen LogP contribution in [0.3, 0.4) is 0 Å². The first-order valence-electron chi connectivity index (χ1n) is 9.24. The summed E-state index contributed by atoms with van der Waals surface area (Å²) in [6, 6.07) is 23.0. The van der Waals surface area contributed by atoms with E-state index < -0.39 is 0 Å². The molecule has 0 saturated carbocycles. The van der Waals surface area contributed by atoms with E-state index in [1.807, 2.05) is 48.5 Å². The van der Waals surface area contributed by atoms with Crippen LogP contribution in [0.5, 0.6) is 0 Å². The molecule has 4 aromatic rings. The molecule has 2 heterocycles. The molecule has 0 radical (unpaired) electrons. The molecule has 29 heavy (non-hydrogen) atoms. The van der Waals surface area contributed by atoms with E-state index in [9.17, 15) is 4.79 Å². The molecule has 0 aliphatic rings. The molecular weight excluding hydrogens is 358 g/mol. The fourth-order valence-corrected chi connectivity index (χ4v) is 3.14. The van der Waals surface area contributed by atoms with Gasteiger partial charge in [0, 0.05) is 24.2 Å². The molecule has 0 aliphatic heterocycles. The Hall–Kier alpha value is -4.15. The largest absolute Gasteiger partial charge is 0.311 e. The Kier molecular flexibility index (Phi) is 5.18. The van der Waals surface area contributed by atoms with Gasteiger partial charge in [-0.2, -0.15) is 5.26 Å². The van der Waals surface area contributed by atoms with Gasteiger partial charge in [-0.05, 0) is 41.3 Å². The van der Waals surface area contributed by atoms with Gasteiger partial charge in [-0.15, -0.1) is 0 Å². The fraction of sp³-hybridized carbons (Fsp3) is 0.0800. The third kappa shape index (κ3) is 4.24. The maximum atomic E-state index is 13.0. The Morgan fingerprint density at radius 3 is 2.62 bits per heavy atom. The summed E-state index contributed by atoms with van der Waals surface area (Å²) in [4.78, 5) is 17.3. The first-order chi connectivity index (χ1) is 14.2. The highest BCUT2D eigenvalue weighted by Gasteiger charge is 2.06. The lowest BCUT2D eigenvalue weighted by molar-refractivity contribution is 0.767. The zero-order valence-electron chi connectivity index (χ0n) is 15.7. The molecule has 0 amide bonds. The summed E-state index contributed by atoms with van der Waals surface area (Å²) in [6.07, 6.45) is 4.07. The van der Waals surface area contributed by atoms with Crippen molar-refractivity contribution in [2.45, 2.75) is 13.0 Å². The second-order valence-electron chi connectivity index (χ2n) is 6.68. The number of aromatic nitrogens is 2. The van der Waals surface area contributed by atoms with Gasteiger partial charge in [0.25, 0.3) is 5.56 Å². The number of rotatable bonds is 3. The van der Waals surface area contributed by atoms with Crippen molar-refractivity contribution in [1.29, 1.82) is 5.26 Å². The maximum absolute atomic E-state index is 13.0. The van der Waals surface area contributed by atoms with Crippen LogP contribution in [0.25, 0.3) is 10.8 Å². The summed E-state index contributed by atoms with van der Waals surface area (Å²) >= 11 is 0. The molecular formula is C25H17N3O. The second kappa shape index (κ2) is 8.25. The molecule has 0 atom stereocenters. The monoisotopic (exact) mass is 375 g/mol. The summed E-state index contributed by atoms with van der Waals surface area (Å²) < 4.78 is 1.64. The molecule has 0 aliphatic carbocycles. The van der Waals surface area contributed by atoms with E-state index in [1.54, 1.807) is 35.2 Å². The lowest BCUT2D eigenvalue weighted by Crippen LogP contribution is -2.20. The minimum absolute atomic E-state index is 0.0987. The van der Waals surface area contributed by atoms with Crippen molar-refractivity contribution in [1.82, 2.24) is 9.55 Å². The molecule has 2 aromatic heterocycles. The summed E-state index contributed by atoms with van der Waals surface area (Å²) in [6.45, 7) is 0.404. The lowest BCUT2D eigenvalue weighted by atomic mass is 10.1. The number of nitriles is 1. The normalized spacial score (nSPS) is 10.2. The molecule has 2 aromatic carbocycles. The molecule has 138 valence electrons. The van der Waals surface area contributed by atoms with Crippen LogP contribution in [0.15, 0.2) is 83.9 Å². The van der Waals surface area contributed by atoms with Crippen LogP contribution in [0.4, 0.5) is 0 Å². The minimum atomic E-state index is -0.0987. The van der Waals surface area contributed by atoms with Crippen molar-refractivity contribution in [3.05, 3.63) is 112 Å². The molecule has 0 saturated heterocycles. The third-order valence-electron chi connectivity index (χ3n) is 4.62. The van der Waals surface area contributed by atoms with Gasteiger partial charge in [0.1, 0.15) is 5.69 Å². The molecule has 4 nitrogen and oxygen atoms in total. The Labute approximate surface area is 168 Å². The van der Waals surface area contributed by atoms with Crippen molar-refractivity contribution in [3.63, 3.8) is 0 Å². The highest BCUT2D eigenvalue weighted by molar-refractivity contribution is 5.81. The van der Waals surface area contributed by atoms with E-state index in [2.05, 4.69) is 22.9 Å². The summed E-state index contributed by atoms with van der Waals surface area (Å²) in [5.41, 5.74) is 3.11. The molecule has 0 N–H and O–H groups in total. The van der Waals surface area contributed by atoms with Crippen LogP contribution < -0.4 is 5.56 Å². The Morgan fingerprint density at radius 1 is 0.966 bits per heavy atom. The van der Waals surface area contributed by atoms with Gasteiger partial charge >= 0.3 is 0 Å². The first-order valence-corrected chi connectivity index (χ1v) is 9.24. The number of hydrogen-bond acceptors (Lipinski definition) is 3. The first kappa shape index (κ1) is 18.2. The van der Waals surface area contributed by atoms with E-state index in [4.69, 9.17) is 5.26 Å². The van der Waals surface area contributed by atoms with Crippen LogP contribution in [0, 0.1) is 23.2 Å². The number of pyridine rings is 2. The number of benzene rings is 2. The standard InChI is InChI=1S/C25H17N3O/c26-16-20-9-4-10-21(14-20)18-28-13-12-22-17-27-23(15-24(22)25(28)29)11-5-8-19-6-2-1-3-7-19/h1-4,6-7,9-10,12-15,17H,8,18H2. The van der Waals surface area contributed by atoms with Crippen LogP contribution in [-0.2, 0) is 13.0 Å². The molecule has 4 heteroatoms. The van der Waals surface area contributed by atoms with Gasteiger partial charge in [0.15, 0.2) is 0 Å². The van der Waals surface area contributed by atoms with Crippen LogP contribution in [-0.4, -0.2) is 9.55 Å².